The Kier molecular flexibility index (Phi) is 4.46. The van der Waals surface area contributed by atoms with Crippen LogP contribution in [-0.2, 0) is 13.0 Å². The largest absolute Gasteiger partial charge is 0.497 e. The Hall–Kier alpha value is -1.51. The number of nitrogens with one attached hydrogen (secondary N) is 1. The lowest BCUT2D eigenvalue weighted by Crippen LogP contribution is -2.24. The van der Waals surface area contributed by atoms with Crippen molar-refractivity contribution >= 4 is 12.4 Å². The average Bonchev–Trinajstić information content (AvgIpc) is 2.47. The summed E-state index contributed by atoms with van der Waals surface area (Å²) < 4.78 is 5.30. The lowest BCUT2D eigenvalue weighted by molar-refractivity contribution is 0.415. The molecule has 100 valence electrons. The van der Waals surface area contributed by atoms with Gasteiger partial charge in [0, 0.05) is 6.54 Å². The van der Waals surface area contributed by atoms with Crippen LogP contribution in [0.15, 0.2) is 42.5 Å². The van der Waals surface area contributed by atoms with Gasteiger partial charge in [-0.25, -0.2) is 0 Å². The molecule has 0 atom stereocenters. The van der Waals surface area contributed by atoms with Crippen LogP contribution in [0.1, 0.15) is 11.1 Å². The number of hydrogen-bond donors (Lipinski definition) is 1. The maximum absolute atomic E-state index is 5.30. The van der Waals surface area contributed by atoms with Crippen molar-refractivity contribution < 1.29 is 4.74 Å². The van der Waals surface area contributed by atoms with E-state index >= 15 is 0 Å². The molecule has 19 heavy (non-hydrogen) atoms. The second kappa shape index (κ2) is 6.09. The molecule has 1 aliphatic rings. The molecule has 1 heterocycles. The van der Waals surface area contributed by atoms with Crippen LogP contribution in [0.4, 0.5) is 0 Å². The van der Waals surface area contributed by atoms with Gasteiger partial charge in [0.05, 0.1) is 7.11 Å². The molecule has 0 aromatic heterocycles. The van der Waals surface area contributed by atoms with Crippen molar-refractivity contribution in [1.29, 1.82) is 0 Å². The highest BCUT2D eigenvalue weighted by Gasteiger charge is 2.13. The molecule has 0 spiro atoms. The number of rotatable bonds is 2. The van der Waals surface area contributed by atoms with Gasteiger partial charge >= 0.3 is 0 Å². The fourth-order valence-corrected chi connectivity index (χ4v) is 2.58. The third kappa shape index (κ3) is 2.75. The van der Waals surface area contributed by atoms with E-state index in [1.165, 1.54) is 22.3 Å². The van der Waals surface area contributed by atoms with E-state index in [-0.39, 0.29) is 12.4 Å². The quantitative estimate of drug-likeness (QED) is 0.907. The summed E-state index contributed by atoms with van der Waals surface area (Å²) in [6.07, 6.45) is 1.12. The molecule has 0 saturated carbocycles. The van der Waals surface area contributed by atoms with Gasteiger partial charge in [-0.05, 0) is 47.4 Å². The number of ether oxygens (including phenoxy) is 1. The van der Waals surface area contributed by atoms with Gasteiger partial charge in [0.1, 0.15) is 5.75 Å². The van der Waals surface area contributed by atoms with E-state index in [1.54, 1.807) is 7.11 Å². The molecule has 0 radical (unpaired) electrons. The average molecular weight is 276 g/mol. The van der Waals surface area contributed by atoms with Gasteiger partial charge in [0.2, 0.25) is 0 Å². The van der Waals surface area contributed by atoms with Crippen molar-refractivity contribution in [2.75, 3.05) is 13.7 Å². The van der Waals surface area contributed by atoms with Crippen LogP contribution in [0.25, 0.3) is 11.1 Å². The SMILES string of the molecule is COc1cccc(-c2cccc3c2CNCC3)c1.Cl. The first kappa shape index (κ1) is 13.9. The highest BCUT2D eigenvalue weighted by Crippen LogP contribution is 2.30. The van der Waals surface area contributed by atoms with Crippen LogP contribution in [0.2, 0.25) is 0 Å². The third-order valence-electron chi connectivity index (χ3n) is 3.53. The molecule has 0 saturated heterocycles. The molecule has 3 heteroatoms. The van der Waals surface area contributed by atoms with Crippen molar-refractivity contribution in [3.63, 3.8) is 0 Å². The van der Waals surface area contributed by atoms with Gasteiger partial charge in [0.15, 0.2) is 0 Å². The summed E-state index contributed by atoms with van der Waals surface area (Å²) in [4.78, 5) is 0. The first-order chi connectivity index (χ1) is 8.88. The summed E-state index contributed by atoms with van der Waals surface area (Å²) in [5.74, 6) is 0.911. The number of halogens is 1. The number of hydrogen-bond acceptors (Lipinski definition) is 2. The zero-order valence-electron chi connectivity index (χ0n) is 11.0. The minimum absolute atomic E-state index is 0. The predicted octanol–water partition coefficient (Wildman–Crippen LogP) is 3.43. The summed E-state index contributed by atoms with van der Waals surface area (Å²) in [5, 5.41) is 3.45. The van der Waals surface area contributed by atoms with Crippen molar-refractivity contribution in [3.05, 3.63) is 53.6 Å². The van der Waals surface area contributed by atoms with E-state index in [0.29, 0.717) is 0 Å². The highest BCUT2D eigenvalue weighted by molar-refractivity contribution is 5.85. The minimum Gasteiger partial charge on any atom is -0.497 e. The maximum atomic E-state index is 5.30. The Bertz CT molecular complexity index is 568. The first-order valence-electron chi connectivity index (χ1n) is 6.34. The van der Waals surface area contributed by atoms with E-state index in [0.717, 1.165) is 25.3 Å². The molecule has 0 aliphatic carbocycles. The second-order valence-corrected chi connectivity index (χ2v) is 4.60. The van der Waals surface area contributed by atoms with E-state index in [4.69, 9.17) is 4.74 Å². The molecule has 0 unspecified atom stereocenters. The van der Waals surface area contributed by atoms with Crippen LogP contribution in [0, 0.1) is 0 Å². The lowest BCUT2D eigenvalue weighted by atomic mass is 9.92. The van der Waals surface area contributed by atoms with Crippen molar-refractivity contribution in [2.45, 2.75) is 13.0 Å². The van der Waals surface area contributed by atoms with E-state index in [2.05, 4.69) is 35.6 Å². The monoisotopic (exact) mass is 275 g/mol. The van der Waals surface area contributed by atoms with E-state index < -0.39 is 0 Å². The Morgan fingerprint density at radius 3 is 2.79 bits per heavy atom. The van der Waals surface area contributed by atoms with Crippen LogP contribution in [-0.4, -0.2) is 13.7 Å². The van der Waals surface area contributed by atoms with Gasteiger partial charge in [-0.15, -0.1) is 12.4 Å². The summed E-state index contributed by atoms with van der Waals surface area (Å²) >= 11 is 0. The maximum Gasteiger partial charge on any atom is 0.119 e. The van der Waals surface area contributed by atoms with Crippen molar-refractivity contribution in [2.24, 2.45) is 0 Å². The van der Waals surface area contributed by atoms with Crippen LogP contribution < -0.4 is 10.1 Å². The van der Waals surface area contributed by atoms with Crippen LogP contribution in [0.3, 0.4) is 0 Å². The van der Waals surface area contributed by atoms with Crippen LogP contribution in [0.5, 0.6) is 5.75 Å². The summed E-state index contributed by atoms with van der Waals surface area (Å²) in [6, 6.07) is 14.9. The zero-order valence-corrected chi connectivity index (χ0v) is 11.8. The van der Waals surface area contributed by atoms with Gasteiger partial charge in [0.25, 0.3) is 0 Å². The molecular weight excluding hydrogens is 258 g/mol. The molecule has 1 aliphatic heterocycles. The number of fused-ring (bicyclic) bond motifs is 1. The van der Waals surface area contributed by atoms with Gasteiger partial charge < -0.3 is 10.1 Å². The van der Waals surface area contributed by atoms with Crippen molar-refractivity contribution in [1.82, 2.24) is 5.32 Å². The summed E-state index contributed by atoms with van der Waals surface area (Å²) in [6.45, 7) is 2.04. The molecule has 0 fully saturated rings. The van der Waals surface area contributed by atoms with Gasteiger partial charge in [-0.1, -0.05) is 30.3 Å². The molecule has 2 aromatic rings. The summed E-state index contributed by atoms with van der Waals surface area (Å²) in [5.41, 5.74) is 5.44. The molecule has 2 aromatic carbocycles. The Labute approximate surface area is 120 Å². The summed E-state index contributed by atoms with van der Waals surface area (Å²) in [7, 11) is 1.71. The normalized spacial score (nSPS) is 13.3. The molecular formula is C16H18ClNO. The molecule has 3 rings (SSSR count). The van der Waals surface area contributed by atoms with Crippen LogP contribution >= 0.6 is 12.4 Å². The smallest absolute Gasteiger partial charge is 0.119 e. The zero-order chi connectivity index (χ0) is 12.4. The molecule has 0 amide bonds. The van der Waals surface area contributed by atoms with E-state index in [1.807, 2.05) is 12.1 Å². The number of methoxy groups -OCH3 is 1. The van der Waals surface area contributed by atoms with Crippen molar-refractivity contribution in [3.8, 4) is 16.9 Å². The molecule has 0 bridgehead atoms. The van der Waals surface area contributed by atoms with Gasteiger partial charge in [-0.3, -0.25) is 0 Å². The Balaban J connectivity index is 0.00000133. The number of benzene rings is 2. The molecule has 1 N–H and O–H groups in total. The standard InChI is InChI=1S/C16H17NO.ClH/c1-18-14-6-2-5-13(10-14)15-7-3-4-12-8-9-17-11-16(12)15;/h2-7,10,17H,8-9,11H2,1H3;1H. The molecule has 2 nitrogen and oxygen atoms in total. The minimum atomic E-state index is 0. The second-order valence-electron chi connectivity index (χ2n) is 4.60. The lowest BCUT2D eigenvalue weighted by Gasteiger charge is -2.20. The van der Waals surface area contributed by atoms with E-state index in [9.17, 15) is 0 Å². The predicted molar refractivity (Wildman–Crippen MR) is 81.1 cm³/mol. The fourth-order valence-electron chi connectivity index (χ4n) is 2.58. The Morgan fingerprint density at radius 2 is 1.95 bits per heavy atom. The Morgan fingerprint density at radius 1 is 1.11 bits per heavy atom. The third-order valence-corrected chi connectivity index (χ3v) is 3.53. The highest BCUT2D eigenvalue weighted by atomic mass is 35.5. The fraction of sp³-hybridized carbons (Fsp3) is 0.250. The topological polar surface area (TPSA) is 21.3 Å². The van der Waals surface area contributed by atoms with Gasteiger partial charge in [-0.2, -0.15) is 0 Å². The first-order valence-corrected chi connectivity index (χ1v) is 6.34.